The van der Waals surface area contributed by atoms with Crippen molar-refractivity contribution in [3.8, 4) is 0 Å². The fourth-order valence-electron chi connectivity index (χ4n) is 10.1. The van der Waals surface area contributed by atoms with E-state index >= 15 is 8.78 Å². The zero-order chi connectivity index (χ0) is 28.9. The molecule has 5 aliphatic rings. The standard InChI is InChI=1S/C33H36F2N2O4/c1-30-10-9-22(39)12-25(30)26(34)13-24-23-11-20-15-37(16-21-8-7-19-5-3-4-6-27(19)36-21)18-32(20,29(41)17-38)31(23,2)14-28(40)33(24,30)35/h3-10,12,20,23-24,26,28,38,40H,11,13-18H2,1-2H3/t20-,23-,24-,26-,28-,30-,31-,32+,33-/m0/s1. The summed E-state index contributed by atoms with van der Waals surface area (Å²) in [4.78, 5) is 32.9. The van der Waals surface area contributed by atoms with Crippen LogP contribution in [0.5, 0.6) is 0 Å². The average molecular weight is 563 g/mol. The third-order valence-corrected chi connectivity index (χ3v) is 11.9. The van der Waals surface area contributed by atoms with Gasteiger partial charge in [-0.25, -0.2) is 8.78 Å². The minimum Gasteiger partial charge on any atom is -0.390 e. The zero-order valence-corrected chi connectivity index (χ0v) is 23.4. The Balaban J connectivity index is 1.25. The Labute approximate surface area is 238 Å². The van der Waals surface area contributed by atoms with Crippen LogP contribution in [0.3, 0.4) is 0 Å². The van der Waals surface area contributed by atoms with Crippen LogP contribution in [0.2, 0.25) is 0 Å². The van der Waals surface area contributed by atoms with E-state index in [1.807, 2.05) is 43.3 Å². The van der Waals surface area contributed by atoms with Gasteiger partial charge in [0, 0.05) is 36.4 Å². The summed E-state index contributed by atoms with van der Waals surface area (Å²) >= 11 is 0. The molecular weight excluding hydrogens is 526 g/mol. The number of likely N-dealkylation sites (tertiary alicyclic amines) is 1. The predicted octanol–water partition coefficient (Wildman–Crippen LogP) is 4.14. The van der Waals surface area contributed by atoms with Gasteiger partial charge >= 0.3 is 0 Å². The number of ketones is 2. The molecule has 1 aromatic heterocycles. The van der Waals surface area contributed by atoms with Gasteiger partial charge in [-0.3, -0.25) is 19.5 Å². The van der Waals surface area contributed by atoms with Crippen LogP contribution >= 0.6 is 0 Å². The lowest BCUT2D eigenvalue weighted by atomic mass is 9.43. The van der Waals surface area contributed by atoms with Gasteiger partial charge < -0.3 is 10.2 Å². The molecule has 0 radical (unpaired) electrons. The molecule has 41 heavy (non-hydrogen) atoms. The van der Waals surface area contributed by atoms with E-state index in [0.717, 1.165) is 16.6 Å². The second-order valence-corrected chi connectivity index (χ2v) is 13.5. The number of alkyl halides is 2. The lowest BCUT2D eigenvalue weighted by Crippen LogP contribution is -2.69. The van der Waals surface area contributed by atoms with E-state index in [9.17, 15) is 19.8 Å². The van der Waals surface area contributed by atoms with Crippen molar-refractivity contribution >= 4 is 22.5 Å². The number of para-hydroxylation sites is 1. The van der Waals surface area contributed by atoms with Crippen molar-refractivity contribution in [1.82, 2.24) is 9.88 Å². The van der Waals surface area contributed by atoms with E-state index in [1.165, 1.54) is 18.2 Å². The number of rotatable bonds is 4. The number of nitrogens with zero attached hydrogens (tertiary/aromatic N) is 2. The molecule has 2 aromatic rings. The topological polar surface area (TPSA) is 90.7 Å². The first-order valence-electron chi connectivity index (χ1n) is 14.7. The lowest BCUT2D eigenvalue weighted by Gasteiger charge is -2.63. The van der Waals surface area contributed by atoms with Gasteiger partial charge in [-0.2, -0.15) is 0 Å². The SMILES string of the molecule is C[C@]12C=CC(=O)C=C1[C@@H](F)C[C@H]1[C@@H]3C[C@H]4CN(Cc5ccc6ccccc6n5)C[C@@]4(C(=O)CO)[C@@]3(C)C[C@H](O)[C@@]12F. The molecule has 216 valence electrons. The first kappa shape index (κ1) is 27.0. The molecule has 8 heteroatoms. The number of benzene rings is 1. The van der Waals surface area contributed by atoms with Crippen molar-refractivity contribution in [3.63, 3.8) is 0 Å². The highest BCUT2D eigenvalue weighted by atomic mass is 19.1. The number of hydrogen-bond acceptors (Lipinski definition) is 6. The number of carbonyl (C=O) groups excluding carboxylic acids is 2. The zero-order valence-electron chi connectivity index (χ0n) is 23.4. The average Bonchev–Trinajstić information content (AvgIpc) is 3.43. The fourth-order valence-corrected chi connectivity index (χ4v) is 10.1. The molecular formula is C33H36F2N2O4. The molecule has 4 aliphatic carbocycles. The summed E-state index contributed by atoms with van der Waals surface area (Å²) in [5, 5.41) is 23.0. The maximum absolute atomic E-state index is 17.5. The summed E-state index contributed by atoms with van der Waals surface area (Å²) in [5.41, 5.74) is -3.60. The van der Waals surface area contributed by atoms with Crippen molar-refractivity contribution in [2.24, 2.45) is 34.0 Å². The molecule has 1 aliphatic heterocycles. The van der Waals surface area contributed by atoms with Crippen LogP contribution in [0.4, 0.5) is 8.78 Å². The van der Waals surface area contributed by atoms with Crippen molar-refractivity contribution in [2.45, 2.75) is 57.6 Å². The summed E-state index contributed by atoms with van der Waals surface area (Å²) in [5.74, 6) is -2.03. The maximum atomic E-state index is 17.5. The highest BCUT2D eigenvalue weighted by Crippen LogP contribution is 2.74. The number of fused-ring (bicyclic) bond motifs is 8. The molecule has 0 amide bonds. The molecule has 9 atom stereocenters. The normalized spacial score (nSPS) is 43.3. The quantitative estimate of drug-likeness (QED) is 0.582. The Bertz CT molecular complexity index is 1530. The third kappa shape index (κ3) is 3.35. The summed E-state index contributed by atoms with van der Waals surface area (Å²) in [6.07, 6.45) is 1.33. The molecule has 6 nitrogen and oxygen atoms in total. The largest absolute Gasteiger partial charge is 0.390 e. The monoisotopic (exact) mass is 562 g/mol. The molecule has 1 saturated heterocycles. The van der Waals surface area contributed by atoms with Gasteiger partial charge in [-0.1, -0.05) is 37.3 Å². The number of Topliss-reactive ketones (excluding diaryl/α,β-unsaturated/α-hetero) is 1. The number of pyridine rings is 1. The lowest BCUT2D eigenvalue weighted by molar-refractivity contribution is -0.212. The van der Waals surface area contributed by atoms with E-state index in [0.29, 0.717) is 26.1 Å². The van der Waals surface area contributed by atoms with Gasteiger partial charge in [-0.05, 0) is 73.3 Å². The molecule has 0 unspecified atom stereocenters. The minimum atomic E-state index is -2.18. The van der Waals surface area contributed by atoms with Gasteiger partial charge in [0.25, 0.3) is 0 Å². The first-order valence-corrected chi connectivity index (χ1v) is 14.7. The van der Waals surface area contributed by atoms with Gasteiger partial charge in [0.05, 0.1) is 22.7 Å². The predicted molar refractivity (Wildman–Crippen MR) is 149 cm³/mol. The van der Waals surface area contributed by atoms with Gasteiger partial charge in [0.1, 0.15) is 12.8 Å². The fraction of sp³-hybridized carbons (Fsp3) is 0.545. The van der Waals surface area contributed by atoms with Crippen molar-refractivity contribution in [2.75, 3.05) is 19.7 Å². The summed E-state index contributed by atoms with van der Waals surface area (Å²) < 4.78 is 33.3. The molecule has 0 spiro atoms. The highest BCUT2D eigenvalue weighted by molar-refractivity contribution is 6.01. The Morgan fingerprint density at radius 1 is 1.15 bits per heavy atom. The Morgan fingerprint density at radius 2 is 1.93 bits per heavy atom. The molecule has 1 aromatic carbocycles. The Kier molecular flexibility index (Phi) is 5.84. The Hall–Kier alpha value is -2.81. The van der Waals surface area contributed by atoms with Gasteiger partial charge in [-0.15, -0.1) is 0 Å². The van der Waals surface area contributed by atoms with Crippen molar-refractivity contribution in [3.05, 3.63) is 65.9 Å². The van der Waals surface area contributed by atoms with E-state index in [2.05, 4.69) is 4.90 Å². The van der Waals surface area contributed by atoms with E-state index in [-0.39, 0.29) is 41.8 Å². The second kappa shape index (κ2) is 8.85. The maximum Gasteiger partial charge on any atom is 0.178 e. The van der Waals surface area contributed by atoms with E-state index in [4.69, 9.17) is 4.98 Å². The van der Waals surface area contributed by atoms with Crippen LogP contribution in [0.1, 0.15) is 38.8 Å². The molecule has 7 rings (SSSR count). The number of hydrogen-bond donors (Lipinski definition) is 2. The summed E-state index contributed by atoms with van der Waals surface area (Å²) in [7, 11) is 0. The number of carbonyl (C=O) groups is 2. The number of allylic oxidation sites excluding steroid dienone is 4. The molecule has 4 fully saturated rings. The highest BCUT2D eigenvalue weighted by Gasteiger charge is 2.78. The second-order valence-electron chi connectivity index (χ2n) is 13.5. The number of aliphatic hydroxyl groups is 2. The van der Waals surface area contributed by atoms with Crippen LogP contribution in [0, 0.1) is 34.0 Å². The van der Waals surface area contributed by atoms with Crippen molar-refractivity contribution in [1.29, 1.82) is 0 Å². The number of halogens is 2. The van der Waals surface area contributed by atoms with Crippen molar-refractivity contribution < 1.29 is 28.6 Å². The molecule has 2 heterocycles. The third-order valence-electron chi connectivity index (χ3n) is 11.9. The van der Waals surface area contributed by atoms with Crippen LogP contribution in [-0.4, -0.2) is 69.3 Å². The number of aliphatic hydroxyl groups excluding tert-OH is 2. The van der Waals surface area contributed by atoms with Gasteiger partial charge in [0.15, 0.2) is 17.2 Å². The van der Waals surface area contributed by atoms with Crippen LogP contribution in [-0.2, 0) is 16.1 Å². The van der Waals surface area contributed by atoms with Crippen LogP contribution in [0.25, 0.3) is 10.9 Å². The molecule has 0 bridgehead atoms. The van der Waals surface area contributed by atoms with Crippen LogP contribution in [0.15, 0.2) is 60.2 Å². The Morgan fingerprint density at radius 3 is 2.71 bits per heavy atom. The van der Waals surface area contributed by atoms with E-state index in [1.54, 1.807) is 6.92 Å². The smallest absolute Gasteiger partial charge is 0.178 e. The summed E-state index contributed by atoms with van der Waals surface area (Å²) in [6, 6.07) is 11.9. The molecule has 3 saturated carbocycles. The minimum absolute atomic E-state index is 0.0244. The van der Waals surface area contributed by atoms with Gasteiger partial charge in [0.2, 0.25) is 0 Å². The first-order chi connectivity index (χ1) is 19.5. The molecule has 2 N–H and O–H groups in total. The van der Waals surface area contributed by atoms with Crippen LogP contribution < -0.4 is 0 Å². The van der Waals surface area contributed by atoms with E-state index < -0.39 is 46.7 Å². The number of aromatic nitrogens is 1. The summed E-state index contributed by atoms with van der Waals surface area (Å²) in [6.45, 7) is 4.38.